The Hall–Kier alpha value is -1.63. The monoisotopic (exact) mass is 316 g/mol. The van der Waals surface area contributed by atoms with Gasteiger partial charge < -0.3 is 20.4 Å². The highest BCUT2D eigenvalue weighted by molar-refractivity contribution is 6.56. The molecule has 0 aromatic heterocycles. The van der Waals surface area contributed by atoms with Gasteiger partial charge >= 0.3 is 7.12 Å². The van der Waals surface area contributed by atoms with Crippen LogP contribution in [0.1, 0.15) is 40.2 Å². The molecule has 2 rings (SSSR count). The Balaban J connectivity index is 2.32. The SMILES string of the molecule is CC(=O)Nc1ccccc1C=C(CN)B1OC(C)(C)C(C)(C)O1. The molecule has 0 bridgehead atoms. The molecule has 1 aliphatic heterocycles. The smallest absolute Gasteiger partial charge is 0.400 e. The minimum Gasteiger partial charge on any atom is -0.400 e. The maximum atomic E-state index is 11.3. The van der Waals surface area contributed by atoms with Gasteiger partial charge in [-0.2, -0.15) is 0 Å². The van der Waals surface area contributed by atoms with Crippen LogP contribution in [0, 0.1) is 0 Å². The summed E-state index contributed by atoms with van der Waals surface area (Å²) < 4.78 is 12.1. The van der Waals surface area contributed by atoms with Crippen molar-refractivity contribution in [3.8, 4) is 0 Å². The van der Waals surface area contributed by atoms with E-state index in [0.717, 1.165) is 16.7 Å². The Kier molecular flexibility index (Phi) is 4.99. The van der Waals surface area contributed by atoms with Crippen molar-refractivity contribution in [2.75, 3.05) is 11.9 Å². The highest BCUT2D eigenvalue weighted by atomic mass is 16.7. The molecule has 1 aromatic rings. The van der Waals surface area contributed by atoms with Crippen molar-refractivity contribution in [3.05, 3.63) is 35.3 Å². The molecule has 0 radical (unpaired) electrons. The Morgan fingerprint density at radius 3 is 2.30 bits per heavy atom. The van der Waals surface area contributed by atoms with Crippen LogP contribution in [0.15, 0.2) is 29.7 Å². The Bertz CT molecular complexity index is 610. The van der Waals surface area contributed by atoms with Crippen LogP contribution in [0.5, 0.6) is 0 Å². The normalized spacial score (nSPS) is 19.7. The van der Waals surface area contributed by atoms with Gasteiger partial charge in [0.1, 0.15) is 0 Å². The fraction of sp³-hybridized carbons (Fsp3) is 0.471. The van der Waals surface area contributed by atoms with Crippen LogP contribution in [-0.4, -0.2) is 30.8 Å². The van der Waals surface area contributed by atoms with Crippen LogP contribution in [0.3, 0.4) is 0 Å². The van der Waals surface area contributed by atoms with E-state index >= 15 is 0 Å². The summed E-state index contributed by atoms with van der Waals surface area (Å²) in [5, 5.41) is 2.82. The highest BCUT2D eigenvalue weighted by Crippen LogP contribution is 2.38. The zero-order valence-electron chi connectivity index (χ0n) is 14.5. The van der Waals surface area contributed by atoms with E-state index in [2.05, 4.69) is 5.32 Å². The number of nitrogens with one attached hydrogen (secondary N) is 1. The number of para-hydroxylation sites is 1. The molecule has 23 heavy (non-hydrogen) atoms. The Morgan fingerprint density at radius 2 is 1.78 bits per heavy atom. The summed E-state index contributed by atoms with van der Waals surface area (Å²) in [6, 6.07) is 7.56. The van der Waals surface area contributed by atoms with Crippen LogP contribution in [0.25, 0.3) is 6.08 Å². The average molecular weight is 316 g/mol. The van der Waals surface area contributed by atoms with Crippen LogP contribution in [-0.2, 0) is 14.1 Å². The van der Waals surface area contributed by atoms with Crippen LogP contribution in [0.2, 0.25) is 0 Å². The Labute approximate surface area is 138 Å². The molecule has 0 unspecified atom stereocenters. The minimum atomic E-state index is -0.490. The first-order valence-electron chi connectivity index (χ1n) is 7.79. The summed E-state index contributed by atoms with van der Waals surface area (Å²) in [6.45, 7) is 9.82. The third kappa shape index (κ3) is 3.83. The summed E-state index contributed by atoms with van der Waals surface area (Å²) in [5.74, 6) is -0.115. The standard InChI is InChI=1S/C17H25BN2O3/c1-12(21)20-15-9-7-6-8-13(15)10-14(11-19)18-22-16(2,3)17(4,5)23-18/h6-10H,11,19H2,1-5H3,(H,20,21). The third-order valence-electron chi connectivity index (χ3n) is 4.40. The van der Waals surface area contributed by atoms with Gasteiger partial charge in [-0.3, -0.25) is 4.79 Å². The lowest BCUT2D eigenvalue weighted by Gasteiger charge is -2.32. The molecule has 1 aliphatic rings. The van der Waals surface area contributed by atoms with Gasteiger partial charge in [0.25, 0.3) is 0 Å². The number of anilines is 1. The summed E-state index contributed by atoms with van der Waals surface area (Å²) in [5.41, 5.74) is 7.53. The van der Waals surface area contributed by atoms with Gasteiger partial charge in [0, 0.05) is 19.2 Å². The molecule has 1 amide bonds. The fourth-order valence-corrected chi connectivity index (χ4v) is 2.34. The lowest BCUT2D eigenvalue weighted by Crippen LogP contribution is -2.41. The quantitative estimate of drug-likeness (QED) is 0.838. The van der Waals surface area contributed by atoms with Crippen LogP contribution in [0.4, 0.5) is 5.69 Å². The van der Waals surface area contributed by atoms with Crippen LogP contribution < -0.4 is 11.1 Å². The second-order valence-electron chi connectivity index (χ2n) is 6.78. The molecule has 124 valence electrons. The number of benzene rings is 1. The van der Waals surface area contributed by atoms with E-state index in [1.807, 2.05) is 58.0 Å². The first kappa shape index (κ1) is 17.7. The van der Waals surface area contributed by atoms with Crippen LogP contribution >= 0.6 is 0 Å². The van der Waals surface area contributed by atoms with E-state index in [1.54, 1.807) is 0 Å². The number of rotatable bonds is 4. The number of carbonyl (C=O) groups excluding carboxylic acids is 1. The highest BCUT2D eigenvalue weighted by Gasteiger charge is 2.52. The largest absolute Gasteiger partial charge is 0.491 e. The predicted molar refractivity (Wildman–Crippen MR) is 93.9 cm³/mol. The van der Waals surface area contributed by atoms with Crippen molar-refractivity contribution in [1.82, 2.24) is 0 Å². The molecule has 1 aromatic carbocycles. The molecule has 0 atom stereocenters. The molecule has 0 aliphatic carbocycles. The van der Waals surface area contributed by atoms with Crippen molar-refractivity contribution in [3.63, 3.8) is 0 Å². The van der Waals surface area contributed by atoms with E-state index < -0.39 is 18.3 Å². The maximum Gasteiger partial charge on any atom is 0.491 e. The molecule has 1 saturated heterocycles. The van der Waals surface area contributed by atoms with E-state index in [4.69, 9.17) is 15.0 Å². The molecular formula is C17H25BN2O3. The second-order valence-corrected chi connectivity index (χ2v) is 6.78. The summed E-state index contributed by atoms with van der Waals surface area (Å²) in [6.07, 6.45) is 1.92. The minimum absolute atomic E-state index is 0.115. The van der Waals surface area contributed by atoms with E-state index in [9.17, 15) is 4.79 Å². The predicted octanol–water partition coefficient (Wildman–Crippen LogP) is 2.62. The van der Waals surface area contributed by atoms with Crippen molar-refractivity contribution in [2.45, 2.75) is 45.8 Å². The van der Waals surface area contributed by atoms with E-state index in [1.165, 1.54) is 6.92 Å². The van der Waals surface area contributed by atoms with Gasteiger partial charge in [-0.15, -0.1) is 0 Å². The molecule has 5 nitrogen and oxygen atoms in total. The number of hydrogen-bond acceptors (Lipinski definition) is 4. The summed E-state index contributed by atoms with van der Waals surface area (Å²) in [7, 11) is -0.490. The fourth-order valence-electron chi connectivity index (χ4n) is 2.34. The van der Waals surface area contributed by atoms with E-state index in [-0.39, 0.29) is 5.91 Å². The van der Waals surface area contributed by atoms with Gasteiger partial charge in [-0.1, -0.05) is 24.3 Å². The number of carbonyl (C=O) groups is 1. The average Bonchev–Trinajstić information content (AvgIpc) is 2.65. The summed E-state index contributed by atoms with van der Waals surface area (Å²) >= 11 is 0. The summed E-state index contributed by atoms with van der Waals surface area (Å²) in [4.78, 5) is 11.3. The topological polar surface area (TPSA) is 73.6 Å². The first-order valence-corrected chi connectivity index (χ1v) is 7.79. The zero-order chi connectivity index (χ0) is 17.3. The molecule has 0 spiro atoms. The van der Waals surface area contributed by atoms with E-state index in [0.29, 0.717) is 6.54 Å². The van der Waals surface area contributed by atoms with Gasteiger partial charge in [0.15, 0.2) is 0 Å². The van der Waals surface area contributed by atoms with Crippen molar-refractivity contribution >= 4 is 24.8 Å². The first-order chi connectivity index (χ1) is 10.7. The molecule has 6 heteroatoms. The van der Waals surface area contributed by atoms with Crippen molar-refractivity contribution < 1.29 is 14.1 Å². The second kappa shape index (κ2) is 6.47. The lowest BCUT2D eigenvalue weighted by atomic mass is 9.77. The zero-order valence-corrected chi connectivity index (χ0v) is 14.5. The molecule has 0 saturated carbocycles. The molecular weight excluding hydrogens is 291 g/mol. The lowest BCUT2D eigenvalue weighted by molar-refractivity contribution is -0.114. The van der Waals surface area contributed by atoms with Gasteiger partial charge in [-0.25, -0.2) is 0 Å². The number of amides is 1. The Morgan fingerprint density at radius 1 is 1.22 bits per heavy atom. The van der Waals surface area contributed by atoms with Gasteiger partial charge in [0.2, 0.25) is 5.91 Å². The third-order valence-corrected chi connectivity index (χ3v) is 4.40. The number of hydrogen-bond donors (Lipinski definition) is 2. The van der Waals surface area contributed by atoms with Crippen molar-refractivity contribution in [1.29, 1.82) is 0 Å². The van der Waals surface area contributed by atoms with Gasteiger partial charge in [0.05, 0.1) is 11.2 Å². The molecule has 1 heterocycles. The molecule has 1 fully saturated rings. The maximum absolute atomic E-state index is 11.3. The number of nitrogens with two attached hydrogens (primary N) is 1. The van der Waals surface area contributed by atoms with Crippen molar-refractivity contribution in [2.24, 2.45) is 5.73 Å². The molecule has 3 N–H and O–H groups in total. The van der Waals surface area contributed by atoms with Gasteiger partial charge in [-0.05, 0) is 44.8 Å².